The Hall–Kier alpha value is -2.49. The summed E-state index contributed by atoms with van der Waals surface area (Å²) in [5, 5.41) is 19.1. The van der Waals surface area contributed by atoms with Gasteiger partial charge in [-0.1, -0.05) is 37.3 Å². The lowest BCUT2D eigenvalue weighted by atomic mass is 9.86. The van der Waals surface area contributed by atoms with Crippen molar-refractivity contribution in [2.45, 2.75) is 19.3 Å². The first-order valence-electron chi connectivity index (χ1n) is 6.45. The van der Waals surface area contributed by atoms with Gasteiger partial charge >= 0.3 is 5.97 Å². The van der Waals surface area contributed by atoms with Crippen molar-refractivity contribution in [2.75, 3.05) is 5.73 Å². The Bertz CT molecular complexity index is 637. The number of carboxylic acid groups (broad SMARTS) is 1. The minimum Gasteiger partial charge on any atom is -0.508 e. The summed E-state index contributed by atoms with van der Waals surface area (Å²) in [6.07, 6.45) is 0.713. The van der Waals surface area contributed by atoms with Gasteiger partial charge in [0.25, 0.3) is 0 Å². The molecule has 20 heavy (non-hydrogen) atoms. The van der Waals surface area contributed by atoms with Crippen LogP contribution in [0, 0.1) is 0 Å². The fourth-order valence-electron chi connectivity index (χ4n) is 2.46. The lowest BCUT2D eigenvalue weighted by molar-refractivity contribution is 0.0698. The van der Waals surface area contributed by atoms with Crippen molar-refractivity contribution in [1.29, 1.82) is 0 Å². The maximum atomic E-state index is 11.2. The maximum absolute atomic E-state index is 11.2. The average molecular weight is 271 g/mol. The zero-order valence-corrected chi connectivity index (χ0v) is 11.2. The molecule has 0 saturated carbocycles. The second-order valence-electron chi connectivity index (χ2n) is 4.63. The number of phenols is 1. The number of aromatic carboxylic acids is 1. The van der Waals surface area contributed by atoms with Crippen LogP contribution in [0.15, 0.2) is 42.5 Å². The molecule has 4 nitrogen and oxygen atoms in total. The predicted molar refractivity (Wildman–Crippen MR) is 78.1 cm³/mol. The Morgan fingerprint density at radius 2 is 1.80 bits per heavy atom. The summed E-state index contributed by atoms with van der Waals surface area (Å²) < 4.78 is 0. The van der Waals surface area contributed by atoms with Crippen molar-refractivity contribution in [1.82, 2.24) is 0 Å². The molecule has 0 bridgehead atoms. The molecule has 104 valence electrons. The van der Waals surface area contributed by atoms with E-state index < -0.39 is 5.97 Å². The highest BCUT2D eigenvalue weighted by Crippen LogP contribution is 2.37. The zero-order chi connectivity index (χ0) is 14.7. The maximum Gasteiger partial charge on any atom is 0.337 e. The van der Waals surface area contributed by atoms with Crippen molar-refractivity contribution in [3.05, 3.63) is 59.2 Å². The van der Waals surface area contributed by atoms with Crippen molar-refractivity contribution in [2.24, 2.45) is 0 Å². The van der Waals surface area contributed by atoms with Gasteiger partial charge in [0.2, 0.25) is 0 Å². The number of hydrogen-bond donors (Lipinski definition) is 3. The van der Waals surface area contributed by atoms with Crippen LogP contribution in [0.1, 0.15) is 40.7 Å². The first kappa shape index (κ1) is 13.9. The van der Waals surface area contributed by atoms with Gasteiger partial charge in [-0.2, -0.15) is 0 Å². The summed E-state index contributed by atoms with van der Waals surface area (Å²) in [5.74, 6) is -0.980. The third-order valence-electron chi connectivity index (χ3n) is 3.47. The van der Waals surface area contributed by atoms with Gasteiger partial charge in [-0.15, -0.1) is 0 Å². The van der Waals surface area contributed by atoms with Crippen LogP contribution < -0.4 is 5.73 Å². The summed E-state index contributed by atoms with van der Waals surface area (Å²) in [6.45, 7) is 1.98. The second-order valence-corrected chi connectivity index (χ2v) is 4.63. The molecule has 1 unspecified atom stereocenters. The van der Waals surface area contributed by atoms with Gasteiger partial charge in [-0.3, -0.25) is 0 Å². The summed E-state index contributed by atoms with van der Waals surface area (Å²) in [6, 6.07) is 12.0. The third kappa shape index (κ3) is 2.45. The molecule has 4 heteroatoms. The molecule has 0 fully saturated rings. The standard InChI is InChI=1S/C16H17NO3/c1-2-10(11-6-3-4-9-14(11)18)12-7-5-8-13(15(12)17)16(19)20/h3-10,18H,2,17H2,1H3,(H,19,20). The van der Waals surface area contributed by atoms with Gasteiger partial charge in [0, 0.05) is 17.2 Å². The third-order valence-corrected chi connectivity index (χ3v) is 3.47. The number of carboxylic acids is 1. The summed E-state index contributed by atoms with van der Waals surface area (Å²) in [7, 11) is 0. The van der Waals surface area contributed by atoms with E-state index in [4.69, 9.17) is 10.8 Å². The topological polar surface area (TPSA) is 83.5 Å². The smallest absolute Gasteiger partial charge is 0.337 e. The minimum atomic E-state index is -1.04. The molecule has 0 spiro atoms. The number of phenolic OH excluding ortho intramolecular Hbond substituents is 1. The number of rotatable bonds is 4. The Kier molecular flexibility index (Phi) is 3.94. The van der Waals surface area contributed by atoms with E-state index in [-0.39, 0.29) is 22.9 Å². The number of para-hydroxylation sites is 2. The van der Waals surface area contributed by atoms with E-state index in [9.17, 15) is 9.90 Å². The van der Waals surface area contributed by atoms with Gasteiger partial charge in [-0.05, 0) is 24.1 Å². The number of anilines is 1. The Balaban J connectivity index is 2.56. The van der Waals surface area contributed by atoms with Crippen molar-refractivity contribution < 1.29 is 15.0 Å². The summed E-state index contributed by atoms with van der Waals surface area (Å²) >= 11 is 0. The number of nitrogens with two attached hydrogens (primary N) is 1. The molecular formula is C16H17NO3. The molecule has 0 heterocycles. The molecule has 0 saturated heterocycles. The number of nitrogen functional groups attached to an aromatic ring is 1. The Morgan fingerprint density at radius 1 is 1.15 bits per heavy atom. The van der Waals surface area contributed by atoms with Crippen molar-refractivity contribution in [3.63, 3.8) is 0 Å². The quantitative estimate of drug-likeness (QED) is 0.745. The molecular weight excluding hydrogens is 254 g/mol. The first-order valence-corrected chi connectivity index (χ1v) is 6.45. The molecule has 0 aliphatic carbocycles. The van der Waals surface area contributed by atoms with E-state index in [0.717, 1.165) is 11.1 Å². The van der Waals surface area contributed by atoms with Gasteiger partial charge in [0.15, 0.2) is 0 Å². The van der Waals surface area contributed by atoms with E-state index in [1.54, 1.807) is 18.2 Å². The predicted octanol–water partition coefficient (Wildman–Crippen LogP) is 3.21. The van der Waals surface area contributed by atoms with Crippen LogP contribution in [0.25, 0.3) is 0 Å². The number of hydrogen-bond acceptors (Lipinski definition) is 3. The molecule has 0 radical (unpaired) electrons. The van der Waals surface area contributed by atoms with Gasteiger partial charge in [0.05, 0.1) is 5.56 Å². The van der Waals surface area contributed by atoms with Gasteiger partial charge in [-0.25, -0.2) is 4.79 Å². The fourth-order valence-corrected chi connectivity index (χ4v) is 2.46. The number of benzene rings is 2. The molecule has 1 atom stereocenters. The molecule has 0 aliphatic heterocycles. The first-order chi connectivity index (χ1) is 9.56. The number of aromatic hydroxyl groups is 1. The van der Waals surface area contributed by atoms with Crippen LogP contribution in [-0.2, 0) is 0 Å². The zero-order valence-electron chi connectivity index (χ0n) is 11.2. The van der Waals surface area contributed by atoms with Gasteiger partial charge < -0.3 is 15.9 Å². The van der Waals surface area contributed by atoms with E-state index in [1.165, 1.54) is 6.07 Å². The van der Waals surface area contributed by atoms with Crippen LogP contribution >= 0.6 is 0 Å². The normalized spacial score (nSPS) is 12.1. The van der Waals surface area contributed by atoms with Crippen molar-refractivity contribution >= 4 is 11.7 Å². The lowest BCUT2D eigenvalue weighted by Crippen LogP contribution is -2.09. The van der Waals surface area contributed by atoms with E-state index in [1.807, 2.05) is 25.1 Å². The molecule has 2 aromatic rings. The van der Waals surface area contributed by atoms with Crippen LogP contribution in [0.2, 0.25) is 0 Å². The lowest BCUT2D eigenvalue weighted by Gasteiger charge is -2.20. The molecule has 2 aromatic carbocycles. The number of carbonyl (C=O) groups is 1. The highest BCUT2D eigenvalue weighted by molar-refractivity contribution is 5.94. The van der Waals surface area contributed by atoms with Crippen LogP contribution in [0.3, 0.4) is 0 Å². The highest BCUT2D eigenvalue weighted by atomic mass is 16.4. The Morgan fingerprint density at radius 3 is 2.40 bits per heavy atom. The second kappa shape index (κ2) is 5.65. The SMILES string of the molecule is CCC(c1ccccc1O)c1cccc(C(=O)O)c1N. The molecule has 0 aliphatic rings. The molecule has 2 rings (SSSR count). The summed E-state index contributed by atoms with van der Waals surface area (Å²) in [4.78, 5) is 11.2. The van der Waals surface area contributed by atoms with Crippen LogP contribution in [0.4, 0.5) is 5.69 Å². The van der Waals surface area contributed by atoms with Gasteiger partial charge in [0.1, 0.15) is 5.75 Å². The monoisotopic (exact) mass is 271 g/mol. The molecule has 0 amide bonds. The Labute approximate surface area is 117 Å². The average Bonchev–Trinajstić information content (AvgIpc) is 2.43. The largest absolute Gasteiger partial charge is 0.508 e. The van der Waals surface area contributed by atoms with E-state index in [0.29, 0.717) is 6.42 Å². The highest BCUT2D eigenvalue weighted by Gasteiger charge is 2.20. The van der Waals surface area contributed by atoms with Crippen molar-refractivity contribution in [3.8, 4) is 5.75 Å². The minimum absolute atomic E-state index is 0.0939. The van der Waals surface area contributed by atoms with E-state index >= 15 is 0 Å². The van der Waals surface area contributed by atoms with Crippen LogP contribution in [-0.4, -0.2) is 16.2 Å². The van der Waals surface area contributed by atoms with E-state index in [2.05, 4.69) is 0 Å². The fraction of sp³-hybridized carbons (Fsp3) is 0.188. The molecule has 4 N–H and O–H groups in total. The summed E-state index contributed by atoms with van der Waals surface area (Å²) in [5.41, 5.74) is 7.82. The van der Waals surface area contributed by atoms with Crippen LogP contribution in [0.5, 0.6) is 5.75 Å². The molecule has 0 aromatic heterocycles.